The Kier molecular flexibility index (Phi) is 16.9. The van der Waals surface area contributed by atoms with Gasteiger partial charge in [0.05, 0.1) is 55.7 Å². The van der Waals surface area contributed by atoms with E-state index in [2.05, 4.69) is 46.5 Å². The summed E-state index contributed by atoms with van der Waals surface area (Å²) in [4.78, 5) is 89.2. The fraction of sp³-hybridized carbons (Fsp3) is 0.354. The largest absolute Gasteiger partial charge is 0.458 e. The van der Waals surface area contributed by atoms with E-state index in [1.807, 2.05) is 37.3 Å². The van der Waals surface area contributed by atoms with Crippen LogP contribution in [0.4, 0.5) is 23.0 Å². The van der Waals surface area contributed by atoms with Gasteiger partial charge in [-0.2, -0.15) is 0 Å². The number of benzene rings is 2. The first kappa shape index (κ1) is 49.7. The zero-order valence-corrected chi connectivity index (χ0v) is 38.5. The van der Waals surface area contributed by atoms with Crippen LogP contribution in [-0.4, -0.2) is 104 Å². The lowest BCUT2D eigenvalue weighted by Crippen LogP contribution is -2.36. The van der Waals surface area contributed by atoms with Crippen LogP contribution in [0.3, 0.4) is 0 Å². The number of aromatic nitrogens is 6. The lowest BCUT2D eigenvalue weighted by atomic mass is 9.77. The van der Waals surface area contributed by atoms with Gasteiger partial charge in [-0.15, -0.1) is 5.10 Å². The number of rotatable bonds is 21. The first-order valence-electron chi connectivity index (χ1n) is 21.8. The van der Waals surface area contributed by atoms with E-state index in [9.17, 15) is 28.8 Å². The molecule has 0 fully saturated rings. The highest BCUT2D eigenvalue weighted by Crippen LogP contribution is 2.35. The quantitative estimate of drug-likeness (QED) is 0.0414. The smallest absolute Gasteiger partial charge is 0.341 e. The van der Waals surface area contributed by atoms with Crippen molar-refractivity contribution in [1.29, 1.82) is 0 Å². The second-order valence-electron chi connectivity index (χ2n) is 17.0. The monoisotopic (exact) mass is 930 g/mol. The summed E-state index contributed by atoms with van der Waals surface area (Å²) in [6.45, 7) is 9.23. The molecule has 0 radical (unpaired) electrons. The number of ether oxygens (including phenoxy) is 4. The topological polar surface area (TPSA) is 257 Å². The van der Waals surface area contributed by atoms with Crippen LogP contribution in [0, 0.1) is 12.3 Å². The van der Waals surface area contributed by atoms with Crippen molar-refractivity contribution in [3.63, 3.8) is 0 Å². The van der Waals surface area contributed by atoms with Gasteiger partial charge in [0.1, 0.15) is 24.4 Å². The van der Waals surface area contributed by atoms with Crippen LogP contribution in [0.25, 0.3) is 11.3 Å². The Bertz CT molecular complexity index is 2650. The molecule has 0 aliphatic heterocycles. The first-order chi connectivity index (χ1) is 32.5. The van der Waals surface area contributed by atoms with Crippen molar-refractivity contribution in [1.82, 2.24) is 35.3 Å². The Morgan fingerprint density at radius 2 is 1.68 bits per heavy atom. The third-order valence-electron chi connectivity index (χ3n) is 10.1. The average Bonchev–Trinajstić information content (AvgIpc) is 3.76. The zero-order valence-electron chi connectivity index (χ0n) is 38.5. The second-order valence-corrected chi connectivity index (χ2v) is 17.0. The van der Waals surface area contributed by atoms with Crippen LogP contribution in [0.1, 0.15) is 68.6 Å². The minimum absolute atomic E-state index is 0.00833. The van der Waals surface area contributed by atoms with Crippen LogP contribution >= 0.6 is 0 Å². The molecule has 356 valence electrons. The molecule has 6 rings (SSSR count). The Morgan fingerprint density at radius 1 is 0.882 bits per heavy atom. The summed E-state index contributed by atoms with van der Waals surface area (Å²) in [6, 6.07) is 17.6. The molecule has 0 bridgehead atoms. The average molecular weight is 931 g/mol. The van der Waals surface area contributed by atoms with Gasteiger partial charge in [0.2, 0.25) is 17.8 Å². The number of ketones is 1. The second kappa shape index (κ2) is 23.1. The molecular formula is C48H54N10O10. The van der Waals surface area contributed by atoms with E-state index in [0.29, 0.717) is 28.6 Å². The fourth-order valence-corrected chi connectivity index (χ4v) is 6.65. The van der Waals surface area contributed by atoms with Crippen molar-refractivity contribution in [2.75, 3.05) is 48.9 Å². The molecular weight excluding hydrogens is 877 g/mol. The minimum atomic E-state index is -1.22. The Morgan fingerprint density at radius 3 is 2.44 bits per heavy atom. The molecule has 0 spiro atoms. The maximum atomic E-state index is 13.1. The molecule has 1 atom stereocenters. The summed E-state index contributed by atoms with van der Waals surface area (Å²) in [5.74, 6) is -2.38. The van der Waals surface area contributed by atoms with Crippen molar-refractivity contribution in [2.45, 2.75) is 72.6 Å². The van der Waals surface area contributed by atoms with Gasteiger partial charge in [-0.25, -0.2) is 19.4 Å². The number of aryl methyl sites for hydroxylation is 1. The molecule has 3 heterocycles. The number of amides is 3. The molecule has 3 amide bonds. The van der Waals surface area contributed by atoms with Gasteiger partial charge < -0.3 is 40.2 Å². The van der Waals surface area contributed by atoms with E-state index in [1.54, 1.807) is 76.6 Å². The highest BCUT2D eigenvalue weighted by Gasteiger charge is 2.41. The number of carbonyl (C=O) groups excluding carboxylic acids is 6. The predicted molar refractivity (Wildman–Crippen MR) is 248 cm³/mol. The lowest BCUT2D eigenvalue weighted by Gasteiger charge is -2.29. The first-order valence-corrected chi connectivity index (χ1v) is 21.8. The molecule has 0 unspecified atom stereocenters. The van der Waals surface area contributed by atoms with E-state index in [1.165, 1.54) is 17.0 Å². The van der Waals surface area contributed by atoms with Crippen molar-refractivity contribution in [2.24, 2.45) is 5.41 Å². The van der Waals surface area contributed by atoms with Crippen molar-refractivity contribution < 1.29 is 47.7 Å². The van der Waals surface area contributed by atoms with Gasteiger partial charge in [0.15, 0.2) is 5.78 Å². The summed E-state index contributed by atoms with van der Waals surface area (Å²) in [7, 11) is 0. The van der Waals surface area contributed by atoms with Crippen LogP contribution in [-0.2, 0) is 56.1 Å². The molecule has 2 aromatic carbocycles. The molecule has 1 aliphatic rings. The maximum absolute atomic E-state index is 13.1. The number of hydrogen-bond donors (Lipinski definition) is 4. The summed E-state index contributed by atoms with van der Waals surface area (Å²) in [5.41, 5.74) is 2.74. The predicted octanol–water partition coefficient (Wildman–Crippen LogP) is 5.29. The van der Waals surface area contributed by atoms with E-state index < -0.39 is 28.7 Å². The highest BCUT2D eigenvalue weighted by atomic mass is 16.6. The molecule has 4 N–H and O–H groups in total. The number of carbonyl (C=O) groups is 6. The van der Waals surface area contributed by atoms with Gasteiger partial charge in [0.25, 0.3) is 5.91 Å². The molecule has 20 nitrogen and oxygen atoms in total. The molecule has 1 aliphatic carbocycles. The highest BCUT2D eigenvalue weighted by molar-refractivity contribution is 6.18. The van der Waals surface area contributed by atoms with E-state index in [-0.39, 0.29) is 88.7 Å². The molecule has 3 aromatic heterocycles. The van der Waals surface area contributed by atoms with Gasteiger partial charge in [-0.1, -0.05) is 11.3 Å². The number of anilines is 4. The molecule has 68 heavy (non-hydrogen) atoms. The Balaban J connectivity index is 0.820. The number of esters is 2. The zero-order chi connectivity index (χ0) is 48.7. The van der Waals surface area contributed by atoms with Crippen molar-refractivity contribution in [3.05, 3.63) is 114 Å². The normalized spacial score (nSPS) is 14.6. The van der Waals surface area contributed by atoms with Gasteiger partial charge in [0, 0.05) is 59.7 Å². The molecule has 5 aromatic rings. The SMILES string of the molecule is Cc1cc(NC(=O)c2cccc(NC(=O)CCOCCOCCNC(=O)Cn3cc(COC(=O)[C@@]4(C)C=C(C(=O)OC(C)(C)C)C(=O)CC4)nn3)c2)ccc1Nc1nccc(-c2cccnc2)n1. The Hall–Kier alpha value is -7.71. The number of nitrogens with one attached hydrogen (secondary N) is 4. The third-order valence-corrected chi connectivity index (χ3v) is 10.1. The summed E-state index contributed by atoms with van der Waals surface area (Å²) < 4.78 is 23.1. The van der Waals surface area contributed by atoms with Crippen LogP contribution in [0.5, 0.6) is 0 Å². The Labute approximate surface area is 392 Å². The van der Waals surface area contributed by atoms with Gasteiger partial charge >= 0.3 is 11.9 Å². The van der Waals surface area contributed by atoms with E-state index in [0.717, 1.165) is 22.5 Å². The molecule has 20 heteroatoms. The van der Waals surface area contributed by atoms with Crippen LogP contribution in [0.15, 0.2) is 97.1 Å². The van der Waals surface area contributed by atoms with E-state index in [4.69, 9.17) is 18.9 Å². The van der Waals surface area contributed by atoms with Gasteiger partial charge in [-0.05, 0) is 107 Å². The number of hydrogen-bond acceptors (Lipinski definition) is 16. The summed E-state index contributed by atoms with van der Waals surface area (Å²) in [5, 5.41) is 19.5. The number of Topliss-reactive ketones (excluding diaryl/α,β-unsaturated/α-hetero) is 1. The van der Waals surface area contributed by atoms with Gasteiger partial charge in [-0.3, -0.25) is 29.0 Å². The van der Waals surface area contributed by atoms with Crippen LogP contribution < -0.4 is 21.3 Å². The number of nitrogens with zero attached hydrogens (tertiary/aromatic N) is 6. The van der Waals surface area contributed by atoms with Crippen molar-refractivity contribution >= 4 is 58.5 Å². The molecule has 0 saturated carbocycles. The van der Waals surface area contributed by atoms with E-state index >= 15 is 0 Å². The molecule has 0 saturated heterocycles. The standard InChI is InChI=1S/C48H54N10O10/c1-31-24-35(11-12-38(31)54-46-51-18-14-39(55-46)33-9-7-17-49-27-33)53-43(62)32-8-6-10-34(25-32)52-41(60)15-20-65-22-23-66-21-19-50-42(61)29-58-28-36(56-57-58)30-67-45(64)48(5)16-13-40(59)37(26-48)44(63)68-47(2,3)4/h6-12,14,17-18,24-28H,13,15-16,19-23,29-30H2,1-5H3,(H,50,61)(H,52,60)(H,53,62)(H,51,54,55)/t48-/m1/s1. The fourth-order valence-electron chi connectivity index (χ4n) is 6.65. The third kappa shape index (κ3) is 14.9. The maximum Gasteiger partial charge on any atom is 0.341 e. The minimum Gasteiger partial charge on any atom is -0.458 e. The number of pyridine rings is 1. The van der Waals surface area contributed by atoms with Crippen molar-refractivity contribution in [3.8, 4) is 11.3 Å². The van der Waals surface area contributed by atoms with Crippen LogP contribution in [0.2, 0.25) is 0 Å². The summed E-state index contributed by atoms with van der Waals surface area (Å²) in [6.07, 6.45) is 8.12. The lowest BCUT2D eigenvalue weighted by molar-refractivity contribution is -0.155. The summed E-state index contributed by atoms with van der Waals surface area (Å²) >= 11 is 0.